The van der Waals surface area contributed by atoms with Gasteiger partial charge in [0.2, 0.25) is 0 Å². The zero-order valence-corrected chi connectivity index (χ0v) is 10.5. The van der Waals surface area contributed by atoms with Gasteiger partial charge in [-0.15, -0.1) is 0 Å². The first-order valence-corrected chi connectivity index (χ1v) is 5.91. The van der Waals surface area contributed by atoms with Crippen LogP contribution in [0.1, 0.15) is 30.9 Å². The van der Waals surface area contributed by atoms with Crippen molar-refractivity contribution in [1.82, 2.24) is 5.32 Å². The molecule has 1 atom stereocenters. The van der Waals surface area contributed by atoms with Gasteiger partial charge < -0.3 is 10.4 Å². The summed E-state index contributed by atoms with van der Waals surface area (Å²) in [5.41, 5.74) is -0.495. The topological polar surface area (TPSA) is 49.3 Å². The van der Waals surface area contributed by atoms with Gasteiger partial charge in [0.05, 0.1) is 5.56 Å². The van der Waals surface area contributed by atoms with Crippen LogP contribution >= 0.6 is 0 Å². The van der Waals surface area contributed by atoms with E-state index in [1.54, 1.807) is 13.0 Å². The predicted molar refractivity (Wildman–Crippen MR) is 64.6 cm³/mol. The van der Waals surface area contributed by atoms with Crippen LogP contribution in [0.2, 0.25) is 0 Å². The molecule has 0 saturated carbocycles. The second kappa shape index (κ2) is 6.56. The standard InChI is InChI=1S/C13H16F3NO2/c1-9(6-7-12(18)19)17-8-10-4-2-3-5-11(10)13(14,15)16/h2-5,9,17H,6-8H2,1H3,(H,18,19). The number of halogens is 3. The van der Waals surface area contributed by atoms with Crippen molar-refractivity contribution in [3.63, 3.8) is 0 Å². The zero-order chi connectivity index (χ0) is 14.5. The summed E-state index contributed by atoms with van der Waals surface area (Å²) in [7, 11) is 0. The first-order chi connectivity index (χ1) is 8.80. The van der Waals surface area contributed by atoms with Crippen LogP contribution in [0.15, 0.2) is 24.3 Å². The molecule has 1 aromatic carbocycles. The second-order valence-corrected chi connectivity index (χ2v) is 4.37. The fourth-order valence-electron chi connectivity index (χ4n) is 1.68. The van der Waals surface area contributed by atoms with Crippen LogP contribution in [0.25, 0.3) is 0 Å². The van der Waals surface area contributed by atoms with E-state index in [4.69, 9.17) is 5.11 Å². The van der Waals surface area contributed by atoms with Crippen LogP contribution in [-0.4, -0.2) is 17.1 Å². The number of carboxylic acid groups (broad SMARTS) is 1. The molecular formula is C13H16F3NO2. The first kappa shape index (κ1) is 15.5. The second-order valence-electron chi connectivity index (χ2n) is 4.37. The maximum Gasteiger partial charge on any atom is 0.416 e. The molecule has 0 aliphatic carbocycles. The molecule has 0 amide bonds. The molecule has 0 fully saturated rings. The molecule has 0 aliphatic rings. The van der Waals surface area contributed by atoms with Gasteiger partial charge in [-0.2, -0.15) is 13.2 Å². The molecule has 0 heterocycles. The van der Waals surface area contributed by atoms with E-state index in [0.29, 0.717) is 6.42 Å². The average Bonchev–Trinajstić information content (AvgIpc) is 2.33. The van der Waals surface area contributed by atoms with Gasteiger partial charge >= 0.3 is 12.1 Å². The summed E-state index contributed by atoms with van der Waals surface area (Å²) in [6.45, 7) is 1.82. The molecule has 1 rings (SSSR count). The summed E-state index contributed by atoms with van der Waals surface area (Å²) in [5, 5.41) is 11.4. The summed E-state index contributed by atoms with van der Waals surface area (Å²) < 4.78 is 38.2. The van der Waals surface area contributed by atoms with E-state index >= 15 is 0 Å². The summed E-state index contributed by atoms with van der Waals surface area (Å²) in [6, 6.07) is 5.20. The van der Waals surface area contributed by atoms with Crippen molar-refractivity contribution < 1.29 is 23.1 Å². The van der Waals surface area contributed by atoms with Crippen LogP contribution in [0.4, 0.5) is 13.2 Å². The Labute approximate surface area is 109 Å². The van der Waals surface area contributed by atoms with Crippen molar-refractivity contribution in [3.8, 4) is 0 Å². The SMILES string of the molecule is CC(CCC(=O)O)NCc1ccccc1C(F)(F)F. The van der Waals surface area contributed by atoms with E-state index in [1.165, 1.54) is 12.1 Å². The van der Waals surface area contributed by atoms with Crippen molar-refractivity contribution in [2.24, 2.45) is 0 Å². The average molecular weight is 275 g/mol. The normalized spacial score (nSPS) is 13.3. The van der Waals surface area contributed by atoms with E-state index in [9.17, 15) is 18.0 Å². The monoisotopic (exact) mass is 275 g/mol. The van der Waals surface area contributed by atoms with Crippen molar-refractivity contribution in [1.29, 1.82) is 0 Å². The predicted octanol–water partition coefficient (Wildman–Crippen LogP) is 3.05. The van der Waals surface area contributed by atoms with Gasteiger partial charge in [0.1, 0.15) is 0 Å². The molecule has 1 unspecified atom stereocenters. The highest BCUT2D eigenvalue weighted by Gasteiger charge is 2.32. The highest BCUT2D eigenvalue weighted by Crippen LogP contribution is 2.31. The fraction of sp³-hybridized carbons (Fsp3) is 0.462. The first-order valence-electron chi connectivity index (χ1n) is 5.91. The molecule has 0 aromatic heterocycles. The van der Waals surface area contributed by atoms with E-state index in [2.05, 4.69) is 5.32 Å². The Morgan fingerprint density at radius 3 is 2.58 bits per heavy atom. The number of nitrogens with one attached hydrogen (secondary N) is 1. The molecular weight excluding hydrogens is 259 g/mol. The molecule has 0 bridgehead atoms. The summed E-state index contributed by atoms with van der Waals surface area (Å²) in [4.78, 5) is 10.4. The molecule has 2 N–H and O–H groups in total. The third-order valence-electron chi connectivity index (χ3n) is 2.75. The number of hydrogen-bond donors (Lipinski definition) is 2. The van der Waals surface area contributed by atoms with E-state index in [0.717, 1.165) is 6.07 Å². The lowest BCUT2D eigenvalue weighted by atomic mass is 10.1. The van der Waals surface area contributed by atoms with Gasteiger partial charge in [-0.05, 0) is 25.0 Å². The minimum atomic E-state index is -4.37. The summed E-state index contributed by atoms with van der Waals surface area (Å²) in [5.74, 6) is -0.913. The number of benzene rings is 1. The van der Waals surface area contributed by atoms with Crippen molar-refractivity contribution in [3.05, 3.63) is 35.4 Å². The molecule has 0 spiro atoms. The highest BCUT2D eigenvalue weighted by atomic mass is 19.4. The molecule has 106 valence electrons. The number of aliphatic carboxylic acids is 1. The Morgan fingerprint density at radius 2 is 2.00 bits per heavy atom. The van der Waals surface area contributed by atoms with Gasteiger partial charge in [0.25, 0.3) is 0 Å². The van der Waals surface area contributed by atoms with Crippen LogP contribution in [-0.2, 0) is 17.5 Å². The lowest BCUT2D eigenvalue weighted by Crippen LogP contribution is -2.27. The third-order valence-corrected chi connectivity index (χ3v) is 2.75. The lowest BCUT2D eigenvalue weighted by molar-refractivity contribution is -0.138. The van der Waals surface area contributed by atoms with Gasteiger partial charge in [-0.3, -0.25) is 4.79 Å². The van der Waals surface area contributed by atoms with Crippen molar-refractivity contribution in [2.45, 2.75) is 38.5 Å². The Morgan fingerprint density at radius 1 is 1.37 bits per heavy atom. The number of hydrogen-bond acceptors (Lipinski definition) is 2. The minimum absolute atomic E-state index is 0.00488. The Hall–Kier alpha value is -1.56. The maximum absolute atomic E-state index is 12.7. The Balaban J connectivity index is 2.60. The smallest absolute Gasteiger partial charge is 0.416 e. The number of rotatable bonds is 6. The number of alkyl halides is 3. The fourth-order valence-corrected chi connectivity index (χ4v) is 1.68. The molecule has 0 aliphatic heterocycles. The quantitative estimate of drug-likeness (QED) is 0.839. The van der Waals surface area contributed by atoms with Gasteiger partial charge in [-0.1, -0.05) is 18.2 Å². The summed E-state index contributed by atoms with van der Waals surface area (Å²) >= 11 is 0. The minimum Gasteiger partial charge on any atom is -0.481 e. The Kier molecular flexibility index (Phi) is 5.35. The van der Waals surface area contributed by atoms with Crippen molar-refractivity contribution in [2.75, 3.05) is 0 Å². The molecule has 19 heavy (non-hydrogen) atoms. The van der Waals surface area contributed by atoms with Crippen LogP contribution in [0, 0.1) is 0 Å². The molecule has 1 aromatic rings. The number of carbonyl (C=O) groups is 1. The number of carboxylic acids is 1. The Bertz CT molecular complexity index is 432. The third kappa shape index (κ3) is 5.30. The van der Waals surface area contributed by atoms with Crippen LogP contribution in [0.3, 0.4) is 0 Å². The lowest BCUT2D eigenvalue weighted by Gasteiger charge is -2.16. The maximum atomic E-state index is 12.7. The van der Waals surface area contributed by atoms with Gasteiger partial charge in [0, 0.05) is 19.0 Å². The van der Waals surface area contributed by atoms with Gasteiger partial charge in [-0.25, -0.2) is 0 Å². The summed E-state index contributed by atoms with van der Waals surface area (Å²) in [6.07, 6.45) is -4.00. The van der Waals surface area contributed by atoms with Crippen LogP contribution in [0.5, 0.6) is 0 Å². The van der Waals surface area contributed by atoms with E-state index < -0.39 is 17.7 Å². The largest absolute Gasteiger partial charge is 0.481 e. The van der Waals surface area contributed by atoms with Crippen molar-refractivity contribution >= 4 is 5.97 Å². The molecule has 0 radical (unpaired) electrons. The molecule has 3 nitrogen and oxygen atoms in total. The molecule has 0 saturated heterocycles. The molecule has 6 heteroatoms. The van der Waals surface area contributed by atoms with E-state index in [-0.39, 0.29) is 24.6 Å². The highest BCUT2D eigenvalue weighted by molar-refractivity contribution is 5.66. The zero-order valence-electron chi connectivity index (χ0n) is 10.5. The van der Waals surface area contributed by atoms with E-state index in [1.807, 2.05) is 0 Å². The van der Waals surface area contributed by atoms with Gasteiger partial charge in [0.15, 0.2) is 0 Å². The van der Waals surface area contributed by atoms with Crippen LogP contribution < -0.4 is 5.32 Å².